The highest BCUT2D eigenvalue weighted by molar-refractivity contribution is 6.04. The zero-order chi connectivity index (χ0) is 16.5. The van der Waals surface area contributed by atoms with Crippen molar-refractivity contribution in [3.05, 3.63) is 65.9 Å². The van der Waals surface area contributed by atoms with Gasteiger partial charge in [-0.25, -0.2) is 4.68 Å². The van der Waals surface area contributed by atoms with Crippen molar-refractivity contribution in [3.8, 4) is 5.69 Å². The van der Waals surface area contributed by atoms with Gasteiger partial charge in [0.25, 0.3) is 5.91 Å². The van der Waals surface area contributed by atoms with E-state index in [2.05, 4.69) is 28.6 Å². The van der Waals surface area contributed by atoms with E-state index < -0.39 is 5.91 Å². The summed E-state index contributed by atoms with van der Waals surface area (Å²) in [5.74, 6) is -0.460. The van der Waals surface area contributed by atoms with Crippen molar-refractivity contribution in [2.75, 3.05) is 13.1 Å². The second kappa shape index (κ2) is 5.94. The molecule has 0 fully saturated rings. The van der Waals surface area contributed by atoms with Crippen LogP contribution in [0.3, 0.4) is 0 Å². The molecule has 3 N–H and O–H groups in total. The number of aromatic nitrogens is 2. The number of nitrogens with one attached hydrogen (secondary N) is 1. The van der Waals surface area contributed by atoms with E-state index in [-0.39, 0.29) is 0 Å². The highest BCUT2D eigenvalue weighted by Crippen LogP contribution is 2.22. The van der Waals surface area contributed by atoms with Gasteiger partial charge in [0.05, 0.1) is 11.3 Å². The number of benzene rings is 2. The Morgan fingerprint density at radius 2 is 2.00 bits per heavy atom. The predicted molar refractivity (Wildman–Crippen MR) is 95.1 cm³/mol. The van der Waals surface area contributed by atoms with Crippen LogP contribution in [0.4, 0.5) is 0 Å². The maximum atomic E-state index is 11.5. The molecule has 0 saturated carbocycles. The van der Waals surface area contributed by atoms with Gasteiger partial charge in [-0.1, -0.05) is 30.3 Å². The first kappa shape index (κ1) is 14.7. The molecule has 0 radical (unpaired) electrons. The Kier molecular flexibility index (Phi) is 3.63. The van der Waals surface area contributed by atoms with Gasteiger partial charge in [0.2, 0.25) is 0 Å². The van der Waals surface area contributed by atoms with Crippen LogP contribution < -0.4 is 11.1 Å². The highest BCUT2D eigenvalue weighted by Gasteiger charge is 2.11. The fourth-order valence-corrected chi connectivity index (χ4v) is 3.07. The standard InChI is InChI=1S/C19H18N4O/c20-19(24)17-5-1-3-15-12-23(22-18(15)17)16-8-6-13(7-9-16)14-4-2-10-21-11-14/h1,3-9,12,21H,2,10-11H2,(H2,20,24). The van der Waals surface area contributed by atoms with E-state index in [1.807, 2.05) is 30.5 Å². The summed E-state index contributed by atoms with van der Waals surface area (Å²) in [6, 6.07) is 13.7. The van der Waals surface area contributed by atoms with E-state index >= 15 is 0 Å². The molecule has 1 aliphatic heterocycles. The number of hydrogen-bond donors (Lipinski definition) is 2. The molecule has 4 rings (SSSR count). The van der Waals surface area contributed by atoms with Gasteiger partial charge in [0, 0.05) is 18.1 Å². The molecule has 0 spiro atoms. The third kappa shape index (κ3) is 2.59. The van der Waals surface area contributed by atoms with E-state index in [9.17, 15) is 4.79 Å². The lowest BCUT2D eigenvalue weighted by Crippen LogP contribution is -2.21. The van der Waals surface area contributed by atoms with Crippen molar-refractivity contribution in [2.24, 2.45) is 5.73 Å². The quantitative estimate of drug-likeness (QED) is 0.779. The number of nitrogens with zero attached hydrogens (tertiary/aromatic N) is 2. The number of carbonyl (C=O) groups excluding carboxylic acids is 1. The molecule has 0 atom stereocenters. The minimum atomic E-state index is -0.460. The zero-order valence-corrected chi connectivity index (χ0v) is 13.2. The topological polar surface area (TPSA) is 72.9 Å². The first-order valence-corrected chi connectivity index (χ1v) is 8.01. The summed E-state index contributed by atoms with van der Waals surface area (Å²) in [4.78, 5) is 11.5. The van der Waals surface area contributed by atoms with Crippen LogP contribution in [0.15, 0.2) is 54.7 Å². The largest absolute Gasteiger partial charge is 0.366 e. The summed E-state index contributed by atoms with van der Waals surface area (Å²) in [5, 5.41) is 8.82. The van der Waals surface area contributed by atoms with Crippen LogP contribution in [-0.4, -0.2) is 28.8 Å². The Morgan fingerprint density at radius 1 is 1.17 bits per heavy atom. The Bertz CT molecular complexity index is 938. The van der Waals surface area contributed by atoms with E-state index in [0.717, 1.165) is 30.6 Å². The lowest BCUT2D eigenvalue weighted by atomic mass is 10.0. The first-order valence-electron chi connectivity index (χ1n) is 8.01. The molecule has 5 nitrogen and oxygen atoms in total. The Hall–Kier alpha value is -2.92. The van der Waals surface area contributed by atoms with Crippen LogP contribution in [0.2, 0.25) is 0 Å². The first-order chi connectivity index (χ1) is 11.7. The van der Waals surface area contributed by atoms with Crippen molar-refractivity contribution in [2.45, 2.75) is 6.42 Å². The van der Waals surface area contributed by atoms with Crippen LogP contribution in [0.25, 0.3) is 22.2 Å². The molecule has 2 heterocycles. The average Bonchev–Trinajstić information content (AvgIpc) is 3.06. The van der Waals surface area contributed by atoms with Gasteiger partial charge in [-0.2, -0.15) is 5.10 Å². The molecule has 1 amide bonds. The van der Waals surface area contributed by atoms with Gasteiger partial charge in [-0.3, -0.25) is 4.79 Å². The minimum Gasteiger partial charge on any atom is -0.366 e. The van der Waals surface area contributed by atoms with Gasteiger partial charge in [-0.15, -0.1) is 0 Å². The number of nitrogens with two attached hydrogens (primary N) is 1. The second-order valence-corrected chi connectivity index (χ2v) is 5.92. The van der Waals surface area contributed by atoms with Crippen molar-refractivity contribution >= 4 is 22.4 Å². The monoisotopic (exact) mass is 318 g/mol. The highest BCUT2D eigenvalue weighted by atomic mass is 16.1. The fraction of sp³-hybridized carbons (Fsp3) is 0.158. The smallest absolute Gasteiger partial charge is 0.250 e. The Balaban J connectivity index is 1.71. The van der Waals surface area contributed by atoms with E-state index in [4.69, 9.17) is 5.73 Å². The molecule has 5 heteroatoms. The van der Waals surface area contributed by atoms with Gasteiger partial charge in [0.15, 0.2) is 0 Å². The van der Waals surface area contributed by atoms with Crippen LogP contribution in [0.1, 0.15) is 22.3 Å². The molecule has 24 heavy (non-hydrogen) atoms. The lowest BCUT2D eigenvalue weighted by Gasteiger charge is -2.14. The number of hydrogen-bond acceptors (Lipinski definition) is 3. The molecule has 3 aromatic rings. The molecule has 2 aromatic carbocycles. The molecule has 120 valence electrons. The molecule has 0 aliphatic carbocycles. The molecule has 0 saturated heterocycles. The average molecular weight is 318 g/mol. The molecular weight excluding hydrogens is 300 g/mol. The van der Waals surface area contributed by atoms with Crippen LogP contribution in [0, 0.1) is 0 Å². The van der Waals surface area contributed by atoms with Gasteiger partial charge in [0.1, 0.15) is 5.52 Å². The van der Waals surface area contributed by atoms with E-state index in [1.54, 1.807) is 10.7 Å². The maximum Gasteiger partial charge on any atom is 0.250 e. The predicted octanol–water partition coefficient (Wildman–Crippen LogP) is 2.50. The van der Waals surface area contributed by atoms with E-state index in [1.165, 1.54) is 11.1 Å². The van der Waals surface area contributed by atoms with Crippen molar-refractivity contribution in [1.29, 1.82) is 0 Å². The van der Waals surface area contributed by atoms with Crippen molar-refractivity contribution in [3.63, 3.8) is 0 Å². The number of amides is 1. The zero-order valence-electron chi connectivity index (χ0n) is 13.2. The van der Waals surface area contributed by atoms with Gasteiger partial charge >= 0.3 is 0 Å². The van der Waals surface area contributed by atoms with Crippen LogP contribution >= 0.6 is 0 Å². The number of rotatable bonds is 3. The Morgan fingerprint density at radius 3 is 2.71 bits per heavy atom. The second-order valence-electron chi connectivity index (χ2n) is 5.92. The molecule has 1 aromatic heterocycles. The molecule has 0 unspecified atom stereocenters. The molecule has 0 bridgehead atoms. The van der Waals surface area contributed by atoms with Crippen molar-refractivity contribution < 1.29 is 4.79 Å². The number of carbonyl (C=O) groups is 1. The summed E-state index contributed by atoms with van der Waals surface area (Å²) in [6.07, 6.45) is 5.27. The molecular formula is C19H18N4O. The number of primary amides is 1. The summed E-state index contributed by atoms with van der Waals surface area (Å²) in [5.41, 5.74) is 10.0. The van der Waals surface area contributed by atoms with Crippen LogP contribution in [0.5, 0.6) is 0 Å². The summed E-state index contributed by atoms with van der Waals surface area (Å²) in [6.45, 7) is 1.95. The lowest BCUT2D eigenvalue weighted by molar-refractivity contribution is 0.100. The van der Waals surface area contributed by atoms with E-state index in [0.29, 0.717) is 11.1 Å². The third-order valence-electron chi connectivity index (χ3n) is 4.33. The molecule has 1 aliphatic rings. The normalized spacial score (nSPS) is 14.6. The van der Waals surface area contributed by atoms with Crippen LogP contribution in [-0.2, 0) is 0 Å². The summed E-state index contributed by atoms with van der Waals surface area (Å²) >= 11 is 0. The minimum absolute atomic E-state index is 0.446. The fourth-order valence-electron chi connectivity index (χ4n) is 3.07. The van der Waals surface area contributed by atoms with Gasteiger partial charge < -0.3 is 11.1 Å². The Labute approximate surface area is 139 Å². The SMILES string of the molecule is NC(=O)c1cccc2cn(-c3ccc(C4=CCCNC4)cc3)nc12. The maximum absolute atomic E-state index is 11.5. The summed E-state index contributed by atoms with van der Waals surface area (Å²) in [7, 11) is 0. The summed E-state index contributed by atoms with van der Waals surface area (Å²) < 4.78 is 1.79. The number of fused-ring (bicyclic) bond motifs is 1. The van der Waals surface area contributed by atoms with Gasteiger partial charge in [-0.05, 0) is 42.3 Å². The van der Waals surface area contributed by atoms with Crippen molar-refractivity contribution in [1.82, 2.24) is 15.1 Å². The third-order valence-corrected chi connectivity index (χ3v) is 4.33.